The molecular weight excluding hydrogens is 518 g/mol. The van der Waals surface area contributed by atoms with Crippen molar-refractivity contribution >= 4 is 29.1 Å². The summed E-state index contributed by atoms with van der Waals surface area (Å²) in [5.74, 6) is -8.91. The number of aromatic hydroxyl groups is 1. The largest absolute Gasteiger partial charge is 0.510 e. The van der Waals surface area contributed by atoms with Crippen LogP contribution in [0.2, 0.25) is 0 Å². The molecule has 2 unspecified atom stereocenters. The summed E-state index contributed by atoms with van der Waals surface area (Å²) in [6.07, 6.45) is -1.14. The third-order valence-electron chi connectivity index (χ3n) is 8.21. The number of aliphatic hydroxyl groups is 3. The van der Waals surface area contributed by atoms with E-state index in [1.807, 2.05) is 20.8 Å². The van der Waals surface area contributed by atoms with Crippen molar-refractivity contribution in [2.24, 2.45) is 23.5 Å². The molecular formula is C29H37N3O8. The number of nitrogens with two attached hydrogens (primary N) is 1. The second-order valence-electron chi connectivity index (χ2n) is 12.2. The van der Waals surface area contributed by atoms with Crippen LogP contribution in [0.25, 0.3) is 5.76 Å². The Morgan fingerprint density at radius 1 is 1.07 bits per heavy atom. The Bertz CT molecular complexity index is 1370. The van der Waals surface area contributed by atoms with Crippen LogP contribution in [0.4, 0.5) is 0 Å². The highest BCUT2D eigenvalue weighted by molar-refractivity contribution is 6.28. The number of ketones is 2. The third-order valence-corrected chi connectivity index (χ3v) is 8.21. The van der Waals surface area contributed by atoms with E-state index in [0.717, 1.165) is 0 Å². The van der Waals surface area contributed by atoms with Gasteiger partial charge in [-0.15, -0.1) is 0 Å². The molecule has 1 aromatic carbocycles. The van der Waals surface area contributed by atoms with Crippen LogP contribution in [-0.2, 0) is 25.6 Å². The SMILES string of the molecule is C[C@H]1c2ccc(CCC(=O)NC(C)(C)C)c(O)c2C(O)=C2C(=O)C3C(=O)C(C(N)=O)=C(O)[C@@H](N(C)C)C3[C@@H](O)[C@@H]21. The fourth-order valence-electron chi connectivity index (χ4n) is 6.58. The quantitative estimate of drug-likeness (QED) is 0.229. The molecule has 11 heteroatoms. The second-order valence-corrected chi connectivity index (χ2v) is 12.2. The first-order valence-electron chi connectivity index (χ1n) is 13.2. The maximum Gasteiger partial charge on any atom is 0.255 e. The molecule has 6 atom stereocenters. The number of amides is 2. The number of primary amides is 1. The Hall–Kier alpha value is -3.70. The van der Waals surface area contributed by atoms with Crippen LogP contribution in [0.5, 0.6) is 5.75 Å². The Balaban J connectivity index is 1.81. The number of nitrogens with zero attached hydrogens (tertiary/aromatic N) is 1. The van der Waals surface area contributed by atoms with E-state index in [0.29, 0.717) is 11.1 Å². The van der Waals surface area contributed by atoms with E-state index in [2.05, 4.69) is 5.32 Å². The Morgan fingerprint density at radius 3 is 2.25 bits per heavy atom. The van der Waals surface area contributed by atoms with Gasteiger partial charge in [0.25, 0.3) is 5.91 Å². The van der Waals surface area contributed by atoms with Crippen LogP contribution < -0.4 is 11.1 Å². The standard InChI is InChI=1S/C29H37N3O8/c1-11-13-9-7-12(8-10-14(33)31-29(2,3)4)22(34)16(13)24(36)18-15(11)23(35)17-19(25(18)37)26(38)20(28(30)40)27(39)21(17)32(5)6/h7,9,11,15,17,19,21,23,34-36,39H,8,10H2,1-6H3,(H2,30,40)(H,31,33)/t11-,15+,17?,19?,21-,23-/m0/s1. The molecule has 0 heterocycles. The normalized spacial score (nSPS) is 28.3. The van der Waals surface area contributed by atoms with E-state index in [9.17, 15) is 39.6 Å². The average Bonchev–Trinajstić information content (AvgIpc) is 2.81. The van der Waals surface area contributed by atoms with Crippen molar-refractivity contribution in [1.29, 1.82) is 0 Å². The first-order chi connectivity index (χ1) is 18.5. The lowest BCUT2D eigenvalue weighted by Crippen LogP contribution is -2.61. The number of rotatable bonds is 5. The summed E-state index contributed by atoms with van der Waals surface area (Å²) in [5, 5.41) is 47.9. The van der Waals surface area contributed by atoms with Gasteiger partial charge < -0.3 is 31.5 Å². The topological polar surface area (TPSA) is 190 Å². The number of hydrogen-bond acceptors (Lipinski definition) is 9. The van der Waals surface area contributed by atoms with Crippen LogP contribution in [-0.4, -0.2) is 80.5 Å². The lowest BCUT2D eigenvalue weighted by Gasteiger charge is -2.50. The van der Waals surface area contributed by atoms with Gasteiger partial charge in [-0.25, -0.2) is 0 Å². The van der Waals surface area contributed by atoms with Crippen molar-refractivity contribution in [3.8, 4) is 5.75 Å². The maximum atomic E-state index is 13.9. The molecule has 3 aliphatic rings. The van der Waals surface area contributed by atoms with E-state index in [-0.39, 0.29) is 35.6 Å². The molecule has 1 fully saturated rings. The molecule has 0 radical (unpaired) electrons. The molecule has 0 spiro atoms. The molecule has 3 aliphatic carbocycles. The summed E-state index contributed by atoms with van der Waals surface area (Å²) in [4.78, 5) is 53.2. The molecule has 1 saturated carbocycles. The lowest BCUT2D eigenvalue weighted by molar-refractivity contribution is -0.144. The van der Waals surface area contributed by atoms with Gasteiger partial charge in [0.05, 0.1) is 23.6 Å². The van der Waals surface area contributed by atoms with Crippen molar-refractivity contribution in [2.75, 3.05) is 14.1 Å². The number of Topliss-reactive ketones (excluding diaryl/α,β-unsaturated/α-hetero) is 2. The van der Waals surface area contributed by atoms with Crippen LogP contribution in [0.3, 0.4) is 0 Å². The minimum atomic E-state index is -1.57. The summed E-state index contributed by atoms with van der Waals surface area (Å²) in [6.45, 7) is 7.29. The Labute approximate surface area is 232 Å². The molecule has 4 rings (SSSR count). The van der Waals surface area contributed by atoms with E-state index in [1.54, 1.807) is 33.2 Å². The van der Waals surface area contributed by atoms with Gasteiger partial charge in [0.2, 0.25) is 5.91 Å². The first kappa shape index (κ1) is 29.3. The van der Waals surface area contributed by atoms with E-state index in [4.69, 9.17) is 5.73 Å². The smallest absolute Gasteiger partial charge is 0.255 e. The number of fused-ring (bicyclic) bond motifs is 3. The molecule has 216 valence electrons. The number of carbonyl (C=O) groups is 4. The molecule has 0 saturated heterocycles. The van der Waals surface area contributed by atoms with E-state index in [1.165, 1.54) is 4.90 Å². The van der Waals surface area contributed by atoms with Gasteiger partial charge in [0, 0.05) is 29.4 Å². The molecule has 0 aromatic heterocycles. The van der Waals surface area contributed by atoms with Crippen LogP contribution >= 0.6 is 0 Å². The number of phenols is 1. The predicted octanol–water partition coefficient (Wildman–Crippen LogP) is 1.23. The van der Waals surface area contributed by atoms with Crippen LogP contribution in [0.1, 0.15) is 56.7 Å². The summed E-state index contributed by atoms with van der Waals surface area (Å²) < 4.78 is 0. The fourth-order valence-corrected chi connectivity index (χ4v) is 6.58. The minimum Gasteiger partial charge on any atom is -0.510 e. The minimum absolute atomic E-state index is 0.00686. The zero-order valence-corrected chi connectivity index (χ0v) is 23.5. The van der Waals surface area contributed by atoms with Crippen LogP contribution in [0, 0.1) is 17.8 Å². The monoisotopic (exact) mass is 555 g/mol. The molecule has 11 nitrogen and oxygen atoms in total. The number of phenolic OH excluding ortho intramolecular Hbond substituents is 1. The molecule has 1 aromatic rings. The summed E-state index contributed by atoms with van der Waals surface area (Å²) in [5.41, 5.74) is 4.90. The zero-order chi connectivity index (χ0) is 30.0. The van der Waals surface area contributed by atoms with Crippen molar-refractivity contribution < 1.29 is 39.6 Å². The number of aliphatic hydroxyl groups excluding tert-OH is 3. The average molecular weight is 556 g/mol. The Kier molecular flexibility index (Phi) is 7.35. The number of carbonyl (C=O) groups excluding carboxylic acids is 4. The van der Waals surface area contributed by atoms with Gasteiger partial charge >= 0.3 is 0 Å². The van der Waals surface area contributed by atoms with Crippen molar-refractivity contribution in [3.05, 3.63) is 45.7 Å². The van der Waals surface area contributed by atoms with Crippen LogP contribution in [0.15, 0.2) is 29.0 Å². The highest BCUT2D eigenvalue weighted by Gasteiger charge is 2.60. The van der Waals surface area contributed by atoms with Crippen molar-refractivity contribution in [3.63, 3.8) is 0 Å². The third kappa shape index (κ3) is 4.56. The summed E-state index contributed by atoms with van der Waals surface area (Å²) >= 11 is 0. The maximum absolute atomic E-state index is 13.9. The van der Waals surface area contributed by atoms with Gasteiger partial charge in [0.1, 0.15) is 22.8 Å². The molecule has 0 aliphatic heterocycles. The summed E-state index contributed by atoms with van der Waals surface area (Å²) in [7, 11) is 3.15. The second kappa shape index (κ2) is 10.0. The number of nitrogens with one attached hydrogen (secondary N) is 1. The number of benzene rings is 1. The number of aryl methyl sites for hydroxylation is 1. The molecule has 7 N–H and O–H groups in total. The fraction of sp³-hybridized carbons (Fsp3) is 0.517. The summed E-state index contributed by atoms with van der Waals surface area (Å²) in [6, 6.07) is 2.27. The zero-order valence-electron chi connectivity index (χ0n) is 23.5. The predicted molar refractivity (Wildman–Crippen MR) is 145 cm³/mol. The van der Waals surface area contributed by atoms with Crippen molar-refractivity contribution in [2.45, 2.75) is 64.1 Å². The molecule has 2 amide bonds. The number of hydrogen-bond donors (Lipinski definition) is 6. The Morgan fingerprint density at radius 2 is 1.70 bits per heavy atom. The molecule has 40 heavy (non-hydrogen) atoms. The highest BCUT2D eigenvalue weighted by atomic mass is 16.3. The van der Waals surface area contributed by atoms with Crippen molar-refractivity contribution in [1.82, 2.24) is 10.2 Å². The first-order valence-corrected chi connectivity index (χ1v) is 13.2. The molecule has 0 bridgehead atoms. The van der Waals surface area contributed by atoms with Gasteiger partial charge in [-0.2, -0.15) is 0 Å². The lowest BCUT2D eigenvalue weighted by atomic mass is 9.56. The van der Waals surface area contributed by atoms with Gasteiger partial charge in [-0.1, -0.05) is 19.1 Å². The van der Waals surface area contributed by atoms with Gasteiger partial charge in [-0.3, -0.25) is 24.1 Å². The number of likely N-dealkylation sites (N-methyl/N-ethyl adjacent to an activating group) is 1. The van der Waals surface area contributed by atoms with Gasteiger partial charge in [0.15, 0.2) is 11.6 Å². The van der Waals surface area contributed by atoms with E-state index >= 15 is 0 Å². The van der Waals surface area contributed by atoms with Gasteiger partial charge in [-0.05, 0) is 58.3 Å². The van der Waals surface area contributed by atoms with E-state index < -0.39 is 75.9 Å². The highest BCUT2D eigenvalue weighted by Crippen LogP contribution is 2.54.